The zero-order valence-corrected chi connectivity index (χ0v) is 10.5. The number of rotatable bonds is 4. The highest BCUT2D eigenvalue weighted by atomic mass is 35.5. The molecule has 0 saturated heterocycles. The number of nitrogens with zero attached hydrogens (tertiary/aromatic N) is 5. The van der Waals surface area contributed by atoms with E-state index >= 15 is 0 Å². The van der Waals surface area contributed by atoms with Gasteiger partial charge in [0, 0.05) is 26.2 Å². The van der Waals surface area contributed by atoms with Gasteiger partial charge in [0.1, 0.15) is 23.2 Å². The SMILES string of the molecule is Cn1cnc(CCNc2nccc(C#N)c2Cl)n1. The quantitative estimate of drug-likeness (QED) is 0.901. The fraction of sp³-hybridized carbons (Fsp3) is 0.273. The molecule has 0 unspecified atom stereocenters. The molecule has 0 atom stereocenters. The van der Waals surface area contributed by atoms with Crippen molar-refractivity contribution < 1.29 is 0 Å². The predicted octanol–water partition coefficient (Wildman–Crippen LogP) is 1.39. The Morgan fingerprint density at radius 1 is 1.50 bits per heavy atom. The smallest absolute Gasteiger partial charge is 0.152 e. The predicted molar refractivity (Wildman–Crippen MR) is 67.2 cm³/mol. The summed E-state index contributed by atoms with van der Waals surface area (Å²) in [5.41, 5.74) is 0.408. The second-order valence-corrected chi connectivity index (χ2v) is 4.02. The third kappa shape index (κ3) is 2.76. The van der Waals surface area contributed by atoms with Crippen LogP contribution >= 0.6 is 11.6 Å². The summed E-state index contributed by atoms with van der Waals surface area (Å²) >= 11 is 6.01. The van der Waals surface area contributed by atoms with Crippen LogP contribution in [-0.4, -0.2) is 26.3 Å². The first kappa shape index (κ1) is 12.3. The van der Waals surface area contributed by atoms with Gasteiger partial charge in [0.25, 0.3) is 0 Å². The molecular formula is C11H11ClN6. The van der Waals surface area contributed by atoms with Crippen molar-refractivity contribution in [3.63, 3.8) is 0 Å². The molecule has 6 nitrogen and oxygen atoms in total. The number of nitrogens with one attached hydrogen (secondary N) is 1. The molecule has 0 amide bonds. The van der Waals surface area contributed by atoms with Gasteiger partial charge < -0.3 is 5.32 Å². The van der Waals surface area contributed by atoms with Crippen molar-refractivity contribution in [2.45, 2.75) is 6.42 Å². The highest BCUT2D eigenvalue weighted by molar-refractivity contribution is 6.34. The summed E-state index contributed by atoms with van der Waals surface area (Å²) in [7, 11) is 1.82. The molecule has 0 bridgehead atoms. The zero-order chi connectivity index (χ0) is 13.0. The first-order valence-corrected chi connectivity index (χ1v) is 5.71. The maximum Gasteiger partial charge on any atom is 0.152 e. The second-order valence-electron chi connectivity index (χ2n) is 3.64. The topological polar surface area (TPSA) is 79.4 Å². The average Bonchev–Trinajstić information content (AvgIpc) is 2.77. The molecule has 2 aromatic rings. The van der Waals surface area contributed by atoms with Crippen LogP contribution in [0.1, 0.15) is 11.4 Å². The maximum atomic E-state index is 8.84. The highest BCUT2D eigenvalue weighted by Gasteiger charge is 2.06. The largest absolute Gasteiger partial charge is 0.368 e. The first-order valence-electron chi connectivity index (χ1n) is 5.33. The van der Waals surface area contributed by atoms with Gasteiger partial charge in [-0.2, -0.15) is 10.4 Å². The van der Waals surface area contributed by atoms with Crippen LogP contribution in [0.3, 0.4) is 0 Å². The molecule has 2 aromatic heterocycles. The van der Waals surface area contributed by atoms with Crippen molar-refractivity contribution in [3.05, 3.63) is 35.0 Å². The molecule has 0 aromatic carbocycles. The molecule has 0 aliphatic heterocycles. The molecule has 18 heavy (non-hydrogen) atoms. The molecule has 0 aliphatic carbocycles. The van der Waals surface area contributed by atoms with E-state index in [0.717, 1.165) is 5.82 Å². The minimum atomic E-state index is 0.342. The summed E-state index contributed by atoms with van der Waals surface area (Å²) in [4.78, 5) is 8.19. The third-order valence-corrected chi connectivity index (χ3v) is 2.68. The summed E-state index contributed by atoms with van der Waals surface area (Å²) in [5.74, 6) is 1.25. The zero-order valence-electron chi connectivity index (χ0n) is 9.76. The van der Waals surface area contributed by atoms with E-state index in [0.29, 0.717) is 29.4 Å². The van der Waals surface area contributed by atoms with Crippen LogP contribution in [-0.2, 0) is 13.5 Å². The van der Waals surface area contributed by atoms with Gasteiger partial charge in [-0.15, -0.1) is 0 Å². The van der Waals surface area contributed by atoms with Gasteiger partial charge in [-0.05, 0) is 6.07 Å². The normalized spacial score (nSPS) is 10.1. The van der Waals surface area contributed by atoms with Crippen molar-refractivity contribution in [2.24, 2.45) is 7.05 Å². The molecular weight excluding hydrogens is 252 g/mol. The van der Waals surface area contributed by atoms with E-state index in [1.54, 1.807) is 23.3 Å². The van der Waals surface area contributed by atoms with Crippen molar-refractivity contribution in [1.29, 1.82) is 5.26 Å². The van der Waals surface area contributed by atoms with Crippen LogP contribution in [0.5, 0.6) is 0 Å². The van der Waals surface area contributed by atoms with Crippen LogP contribution in [0.4, 0.5) is 5.82 Å². The maximum absolute atomic E-state index is 8.84. The minimum Gasteiger partial charge on any atom is -0.368 e. The Labute approximate surface area is 109 Å². The molecule has 7 heteroatoms. The Morgan fingerprint density at radius 3 is 3.00 bits per heavy atom. The number of pyridine rings is 1. The molecule has 92 valence electrons. The Hall–Kier alpha value is -2.13. The van der Waals surface area contributed by atoms with Gasteiger partial charge in [0.2, 0.25) is 0 Å². The fourth-order valence-electron chi connectivity index (χ4n) is 1.44. The van der Waals surface area contributed by atoms with Crippen molar-refractivity contribution in [1.82, 2.24) is 19.7 Å². The lowest BCUT2D eigenvalue weighted by Gasteiger charge is -2.06. The number of nitriles is 1. The Bertz CT molecular complexity index is 585. The van der Waals surface area contributed by atoms with E-state index in [1.807, 2.05) is 13.1 Å². The van der Waals surface area contributed by atoms with Crippen molar-refractivity contribution in [2.75, 3.05) is 11.9 Å². The van der Waals surface area contributed by atoms with Crippen LogP contribution < -0.4 is 5.32 Å². The Morgan fingerprint density at radius 2 is 2.33 bits per heavy atom. The van der Waals surface area contributed by atoms with Crippen molar-refractivity contribution in [3.8, 4) is 6.07 Å². The van der Waals surface area contributed by atoms with Crippen LogP contribution in [0.25, 0.3) is 0 Å². The molecule has 1 N–H and O–H groups in total. The molecule has 0 fully saturated rings. The van der Waals surface area contributed by atoms with E-state index in [4.69, 9.17) is 16.9 Å². The van der Waals surface area contributed by atoms with Crippen LogP contribution in [0, 0.1) is 11.3 Å². The lowest BCUT2D eigenvalue weighted by molar-refractivity contribution is 0.742. The number of aryl methyl sites for hydroxylation is 1. The average molecular weight is 263 g/mol. The van der Waals surface area contributed by atoms with Gasteiger partial charge in [-0.25, -0.2) is 9.97 Å². The molecule has 2 rings (SSSR count). The number of halogens is 1. The van der Waals surface area contributed by atoms with E-state index < -0.39 is 0 Å². The summed E-state index contributed by atoms with van der Waals surface area (Å²) in [6, 6.07) is 3.58. The first-order chi connectivity index (χ1) is 8.70. The molecule has 0 saturated carbocycles. The van der Waals surface area contributed by atoms with Gasteiger partial charge in [0.05, 0.1) is 5.56 Å². The molecule has 0 spiro atoms. The Kier molecular flexibility index (Phi) is 3.75. The standard InChI is InChI=1S/C11H11ClN6/c1-18-7-16-9(17-18)3-5-15-11-10(12)8(6-13)2-4-14-11/h2,4,7H,3,5H2,1H3,(H,14,15). The fourth-order valence-corrected chi connectivity index (χ4v) is 1.67. The summed E-state index contributed by atoms with van der Waals surface area (Å²) in [6.45, 7) is 0.603. The lowest BCUT2D eigenvalue weighted by atomic mass is 10.3. The van der Waals surface area contributed by atoms with Crippen LogP contribution in [0.2, 0.25) is 5.02 Å². The number of anilines is 1. The summed E-state index contributed by atoms with van der Waals surface area (Å²) < 4.78 is 1.65. The van der Waals surface area contributed by atoms with Gasteiger partial charge in [-0.3, -0.25) is 4.68 Å². The van der Waals surface area contributed by atoms with Crippen LogP contribution in [0.15, 0.2) is 18.6 Å². The summed E-state index contributed by atoms with van der Waals surface area (Å²) in [5, 5.41) is 16.4. The van der Waals surface area contributed by atoms with E-state index in [-0.39, 0.29) is 0 Å². The van der Waals surface area contributed by atoms with Gasteiger partial charge in [-0.1, -0.05) is 11.6 Å². The minimum absolute atomic E-state index is 0.342. The monoisotopic (exact) mass is 262 g/mol. The van der Waals surface area contributed by atoms with E-state index in [1.165, 1.54) is 0 Å². The van der Waals surface area contributed by atoms with Gasteiger partial charge in [0.15, 0.2) is 5.82 Å². The lowest BCUT2D eigenvalue weighted by Crippen LogP contribution is -2.08. The van der Waals surface area contributed by atoms with Crippen molar-refractivity contribution >= 4 is 17.4 Å². The molecule has 2 heterocycles. The highest BCUT2D eigenvalue weighted by Crippen LogP contribution is 2.22. The molecule has 0 aliphatic rings. The second kappa shape index (κ2) is 5.47. The van der Waals surface area contributed by atoms with Gasteiger partial charge >= 0.3 is 0 Å². The number of aromatic nitrogens is 4. The van der Waals surface area contributed by atoms with E-state index in [9.17, 15) is 0 Å². The summed E-state index contributed by atoms with van der Waals surface area (Å²) in [6.07, 6.45) is 3.86. The third-order valence-electron chi connectivity index (χ3n) is 2.30. The molecule has 0 radical (unpaired) electrons. The number of hydrogen-bond donors (Lipinski definition) is 1. The Balaban J connectivity index is 1.97. The van der Waals surface area contributed by atoms with E-state index in [2.05, 4.69) is 20.4 Å². The number of hydrogen-bond acceptors (Lipinski definition) is 5.